The largest absolute Gasteiger partial charge is 0.507 e. The minimum absolute atomic E-state index is 0.0300. The number of hydrogen-bond acceptors (Lipinski definition) is 4. The van der Waals surface area contributed by atoms with Crippen LogP contribution in [0.25, 0.3) is 0 Å². The van der Waals surface area contributed by atoms with Gasteiger partial charge >= 0.3 is 0 Å². The molecule has 0 aromatic heterocycles. The molecule has 6 nitrogen and oxygen atoms in total. The van der Waals surface area contributed by atoms with Crippen LogP contribution < -0.4 is 15.6 Å². The van der Waals surface area contributed by atoms with Gasteiger partial charge in [-0.25, -0.2) is 0 Å². The Hall–Kier alpha value is -3.02. The number of phenolic OH excluding ortho intramolecular Hbond substituents is 1. The first-order chi connectivity index (χ1) is 19.4. The van der Waals surface area contributed by atoms with Crippen LogP contribution in [0.1, 0.15) is 142 Å². The van der Waals surface area contributed by atoms with Crippen molar-refractivity contribution < 1.29 is 19.4 Å². The molecule has 3 rings (SSSR count). The lowest BCUT2D eigenvalue weighted by Gasteiger charge is -2.35. The first-order valence-electron chi connectivity index (χ1n) is 15.6. The lowest BCUT2D eigenvalue weighted by Crippen LogP contribution is -2.41. The van der Waals surface area contributed by atoms with E-state index in [2.05, 4.69) is 92.2 Å². The molecule has 2 aromatic carbocycles. The quantitative estimate of drug-likeness (QED) is 0.290. The standard InChI is InChI=1S/C34H50N2O4.C2H6/c1-21(2)24-17-22(20-27-31(24)40-16-15-34(27,9)10)11-13-28(37)35-36-29(38)14-12-23-18-25(32(3,4)5)30(39)26(19-23)33(6,7)8;1-2/h17-21,39H,11-16H2,1-10H3,(H,35,37)(H,36,38);1-2H3. The summed E-state index contributed by atoms with van der Waals surface area (Å²) in [5.74, 6) is 1.19. The van der Waals surface area contributed by atoms with Crippen LogP contribution in [0.5, 0.6) is 11.5 Å². The number of amides is 2. The highest BCUT2D eigenvalue weighted by Crippen LogP contribution is 2.43. The Kier molecular flexibility index (Phi) is 11.7. The Morgan fingerprint density at radius 3 is 1.74 bits per heavy atom. The number of benzene rings is 2. The smallest absolute Gasteiger partial charge is 0.238 e. The Morgan fingerprint density at radius 1 is 0.857 bits per heavy atom. The Labute approximate surface area is 255 Å². The molecule has 2 aromatic rings. The molecule has 234 valence electrons. The average molecular weight is 581 g/mol. The zero-order valence-corrected chi connectivity index (χ0v) is 28.3. The zero-order chi connectivity index (χ0) is 32.0. The minimum Gasteiger partial charge on any atom is -0.507 e. The van der Waals surface area contributed by atoms with E-state index in [9.17, 15) is 14.7 Å². The van der Waals surface area contributed by atoms with Gasteiger partial charge in [-0.3, -0.25) is 20.4 Å². The van der Waals surface area contributed by atoms with Crippen molar-refractivity contribution in [2.24, 2.45) is 0 Å². The maximum Gasteiger partial charge on any atom is 0.238 e. The number of ether oxygens (including phenoxy) is 1. The second-order valence-electron chi connectivity index (χ2n) is 14.3. The molecule has 3 N–H and O–H groups in total. The number of rotatable bonds is 7. The van der Waals surface area contributed by atoms with Gasteiger partial charge in [0, 0.05) is 18.4 Å². The predicted molar refractivity (Wildman–Crippen MR) is 173 cm³/mol. The molecule has 1 aliphatic rings. The molecule has 0 aliphatic carbocycles. The molecule has 2 amide bonds. The summed E-state index contributed by atoms with van der Waals surface area (Å²) >= 11 is 0. The van der Waals surface area contributed by atoms with Crippen molar-refractivity contribution in [3.05, 3.63) is 57.6 Å². The molecular weight excluding hydrogens is 524 g/mol. The number of hydrogen-bond donors (Lipinski definition) is 3. The van der Waals surface area contributed by atoms with E-state index >= 15 is 0 Å². The predicted octanol–water partition coefficient (Wildman–Crippen LogP) is 7.91. The normalized spacial score (nSPS) is 14.3. The van der Waals surface area contributed by atoms with E-state index in [0.717, 1.165) is 41.0 Å². The second kappa shape index (κ2) is 14.0. The second-order valence-corrected chi connectivity index (χ2v) is 14.3. The number of carbonyl (C=O) groups excluding carboxylic acids is 2. The zero-order valence-electron chi connectivity index (χ0n) is 28.3. The van der Waals surface area contributed by atoms with Crippen LogP contribution in [-0.2, 0) is 38.7 Å². The van der Waals surface area contributed by atoms with Crippen LogP contribution >= 0.6 is 0 Å². The van der Waals surface area contributed by atoms with Crippen molar-refractivity contribution in [1.29, 1.82) is 0 Å². The molecule has 0 atom stereocenters. The number of nitrogens with one attached hydrogen (secondary N) is 2. The van der Waals surface area contributed by atoms with Gasteiger partial charge in [0.15, 0.2) is 0 Å². The number of aryl methyl sites for hydroxylation is 2. The SMILES string of the molecule is CC.CC(C)c1cc(CCC(=O)NNC(=O)CCc2cc(C(C)(C)C)c(O)c(C(C)(C)C)c2)cc2c1OCCC2(C)C. The van der Waals surface area contributed by atoms with Gasteiger partial charge in [0.25, 0.3) is 0 Å². The van der Waals surface area contributed by atoms with Gasteiger partial charge < -0.3 is 9.84 Å². The van der Waals surface area contributed by atoms with Crippen LogP contribution in [0, 0.1) is 0 Å². The molecule has 0 radical (unpaired) electrons. The fourth-order valence-corrected chi connectivity index (χ4v) is 5.26. The summed E-state index contributed by atoms with van der Waals surface area (Å²) in [6.07, 6.45) is 2.57. The van der Waals surface area contributed by atoms with Crippen molar-refractivity contribution >= 4 is 11.8 Å². The van der Waals surface area contributed by atoms with Crippen molar-refractivity contribution in [3.63, 3.8) is 0 Å². The molecule has 1 aliphatic heterocycles. The van der Waals surface area contributed by atoms with Crippen molar-refractivity contribution in [2.45, 2.75) is 137 Å². The summed E-state index contributed by atoms with van der Waals surface area (Å²) in [6, 6.07) is 8.33. The monoisotopic (exact) mass is 580 g/mol. The Morgan fingerprint density at radius 2 is 1.31 bits per heavy atom. The summed E-state index contributed by atoms with van der Waals surface area (Å²) in [6.45, 7) is 26.0. The van der Waals surface area contributed by atoms with Crippen molar-refractivity contribution in [3.8, 4) is 11.5 Å². The van der Waals surface area contributed by atoms with E-state index in [1.165, 1.54) is 11.1 Å². The highest BCUT2D eigenvalue weighted by molar-refractivity contribution is 5.82. The Bertz CT molecular complexity index is 1210. The fraction of sp³-hybridized carbons (Fsp3) is 0.611. The molecule has 0 bridgehead atoms. The molecule has 42 heavy (non-hydrogen) atoms. The summed E-state index contributed by atoms with van der Waals surface area (Å²) in [4.78, 5) is 25.2. The molecule has 0 saturated carbocycles. The molecule has 0 saturated heterocycles. The van der Waals surface area contributed by atoms with Gasteiger partial charge in [0.1, 0.15) is 11.5 Å². The number of fused-ring (bicyclic) bond motifs is 1. The topological polar surface area (TPSA) is 87.7 Å². The van der Waals surface area contributed by atoms with Crippen molar-refractivity contribution in [1.82, 2.24) is 10.9 Å². The van der Waals surface area contributed by atoms with Gasteiger partial charge in [-0.2, -0.15) is 0 Å². The van der Waals surface area contributed by atoms with Crippen LogP contribution in [-0.4, -0.2) is 23.5 Å². The highest BCUT2D eigenvalue weighted by Gasteiger charge is 2.31. The van der Waals surface area contributed by atoms with Crippen LogP contribution in [0.3, 0.4) is 0 Å². The Balaban J connectivity index is 0.00000301. The van der Waals surface area contributed by atoms with E-state index in [4.69, 9.17) is 4.74 Å². The third kappa shape index (κ3) is 8.99. The average Bonchev–Trinajstić information content (AvgIpc) is 2.89. The van der Waals surface area contributed by atoms with Gasteiger partial charge in [0.05, 0.1) is 6.61 Å². The van der Waals surface area contributed by atoms with E-state index < -0.39 is 0 Å². The first kappa shape index (κ1) is 35.2. The van der Waals surface area contributed by atoms with E-state index in [-0.39, 0.29) is 40.9 Å². The minimum atomic E-state index is -0.245. The van der Waals surface area contributed by atoms with E-state index in [1.54, 1.807) is 0 Å². The summed E-state index contributed by atoms with van der Waals surface area (Å²) in [5, 5.41) is 10.9. The van der Waals surface area contributed by atoms with Gasteiger partial charge in [-0.15, -0.1) is 0 Å². The summed E-state index contributed by atoms with van der Waals surface area (Å²) in [7, 11) is 0. The van der Waals surface area contributed by atoms with E-state index in [1.807, 2.05) is 26.0 Å². The molecule has 6 heteroatoms. The van der Waals surface area contributed by atoms with E-state index in [0.29, 0.717) is 24.5 Å². The lowest BCUT2D eigenvalue weighted by molar-refractivity contribution is -0.128. The maximum absolute atomic E-state index is 12.6. The third-order valence-corrected chi connectivity index (χ3v) is 7.91. The van der Waals surface area contributed by atoms with Gasteiger partial charge in [-0.1, -0.05) is 107 Å². The number of carbonyl (C=O) groups is 2. The lowest BCUT2D eigenvalue weighted by atomic mass is 9.77. The molecule has 0 spiro atoms. The maximum atomic E-state index is 12.6. The highest BCUT2D eigenvalue weighted by atomic mass is 16.5. The number of phenols is 1. The fourth-order valence-electron chi connectivity index (χ4n) is 5.26. The summed E-state index contributed by atoms with van der Waals surface area (Å²) < 4.78 is 6.06. The van der Waals surface area contributed by atoms with Gasteiger partial charge in [-0.05, 0) is 69.2 Å². The number of hydrazine groups is 1. The number of aromatic hydroxyl groups is 1. The molecule has 1 heterocycles. The first-order valence-corrected chi connectivity index (χ1v) is 15.6. The molecule has 0 unspecified atom stereocenters. The van der Waals surface area contributed by atoms with Crippen LogP contribution in [0.15, 0.2) is 24.3 Å². The van der Waals surface area contributed by atoms with Crippen LogP contribution in [0.2, 0.25) is 0 Å². The molecule has 0 fully saturated rings. The third-order valence-electron chi connectivity index (χ3n) is 7.91. The van der Waals surface area contributed by atoms with Crippen molar-refractivity contribution in [2.75, 3.05) is 6.61 Å². The molecular formula is C36H56N2O4. The summed E-state index contributed by atoms with van der Waals surface area (Å²) in [5.41, 5.74) is 11.0. The van der Waals surface area contributed by atoms with Crippen LogP contribution in [0.4, 0.5) is 0 Å². The van der Waals surface area contributed by atoms with Gasteiger partial charge in [0.2, 0.25) is 11.8 Å².